The summed E-state index contributed by atoms with van der Waals surface area (Å²) in [6.45, 7) is 8.25. The maximum Gasteiger partial charge on any atom is 0.271 e. The molecule has 1 aromatic carbocycles. The molecule has 0 bridgehead atoms. The van der Waals surface area contributed by atoms with Gasteiger partial charge in [0.1, 0.15) is 0 Å². The molecule has 1 aromatic heterocycles. The molecule has 3 heteroatoms. The number of H-pyrrole nitrogens is 1. The van der Waals surface area contributed by atoms with Crippen LogP contribution in [0.25, 0.3) is 10.9 Å². The van der Waals surface area contributed by atoms with Gasteiger partial charge >= 0.3 is 0 Å². The molecular weight excluding hydrogens is 188 g/mol. The smallest absolute Gasteiger partial charge is 0.271 e. The van der Waals surface area contributed by atoms with Gasteiger partial charge in [-0.2, -0.15) is 0 Å². The number of benzene rings is 1. The number of nitrogens with zero attached hydrogens (tertiary/aromatic N) is 1. The SMILES string of the molecule is Cc1ccc2c(=O)[nH]n(C(C)(C)C)c2c1. The molecule has 80 valence electrons. The van der Waals surface area contributed by atoms with Gasteiger partial charge in [0.15, 0.2) is 0 Å². The fourth-order valence-electron chi connectivity index (χ4n) is 1.77. The van der Waals surface area contributed by atoms with Crippen molar-refractivity contribution in [1.29, 1.82) is 0 Å². The van der Waals surface area contributed by atoms with Crippen LogP contribution in [0.15, 0.2) is 23.0 Å². The predicted molar refractivity (Wildman–Crippen MR) is 62.3 cm³/mol. The van der Waals surface area contributed by atoms with Gasteiger partial charge in [0.2, 0.25) is 0 Å². The zero-order chi connectivity index (χ0) is 11.2. The van der Waals surface area contributed by atoms with Crippen molar-refractivity contribution in [1.82, 2.24) is 9.78 Å². The maximum atomic E-state index is 11.7. The minimum absolute atomic E-state index is 0.0140. The van der Waals surface area contributed by atoms with Crippen LogP contribution in [0, 0.1) is 6.92 Å². The molecule has 0 atom stereocenters. The van der Waals surface area contributed by atoms with Crippen LogP contribution in [0.5, 0.6) is 0 Å². The van der Waals surface area contributed by atoms with Crippen LogP contribution in [0.4, 0.5) is 0 Å². The summed E-state index contributed by atoms with van der Waals surface area (Å²) in [5, 5.41) is 3.64. The third-order valence-electron chi connectivity index (χ3n) is 2.52. The Labute approximate surface area is 88.7 Å². The summed E-state index contributed by atoms with van der Waals surface area (Å²) in [6, 6.07) is 5.88. The number of aryl methyl sites for hydroxylation is 1. The number of fused-ring (bicyclic) bond motifs is 1. The van der Waals surface area contributed by atoms with E-state index in [1.54, 1.807) is 0 Å². The van der Waals surface area contributed by atoms with Gasteiger partial charge in [0.25, 0.3) is 5.56 Å². The zero-order valence-electron chi connectivity index (χ0n) is 9.59. The van der Waals surface area contributed by atoms with E-state index in [0.717, 1.165) is 10.9 Å². The van der Waals surface area contributed by atoms with Crippen LogP contribution >= 0.6 is 0 Å². The highest BCUT2D eigenvalue weighted by Gasteiger charge is 2.17. The average molecular weight is 204 g/mol. The Balaban J connectivity index is 2.88. The van der Waals surface area contributed by atoms with Crippen LogP contribution in [-0.2, 0) is 5.54 Å². The van der Waals surface area contributed by atoms with E-state index in [1.165, 1.54) is 5.56 Å². The topological polar surface area (TPSA) is 37.8 Å². The van der Waals surface area contributed by atoms with Crippen LogP contribution in [0.1, 0.15) is 26.3 Å². The van der Waals surface area contributed by atoms with Crippen molar-refractivity contribution in [3.8, 4) is 0 Å². The van der Waals surface area contributed by atoms with Gasteiger partial charge in [-0.25, -0.2) is 0 Å². The van der Waals surface area contributed by atoms with E-state index in [1.807, 2.05) is 29.8 Å². The first-order valence-corrected chi connectivity index (χ1v) is 5.11. The highest BCUT2D eigenvalue weighted by Crippen LogP contribution is 2.19. The first-order chi connectivity index (χ1) is 6.89. The molecule has 1 heterocycles. The van der Waals surface area contributed by atoms with Crippen LogP contribution in [0.2, 0.25) is 0 Å². The summed E-state index contributed by atoms with van der Waals surface area (Å²) in [5.74, 6) is 0. The number of aromatic amines is 1. The van der Waals surface area contributed by atoms with Crippen molar-refractivity contribution >= 4 is 10.9 Å². The second kappa shape index (κ2) is 2.99. The van der Waals surface area contributed by atoms with E-state index < -0.39 is 0 Å². The average Bonchev–Trinajstić information content (AvgIpc) is 2.42. The molecule has 2 aromatic rings. The lowest BCUT2D eigenvalue weighted by atomic mass is 10.1. The summed E-state index contributed by atoms with van der Waals surface area (Å²) < 4.78 is 1.93. The monoisotopic (exact) mass is 204 g/mol. The second-order valence-electron chi connectivity index (χ2n) is 4.97. The predicted octanol–water partition coefficient (Wildman–Crippen LogP) is 2.39. The zero-order valence-corrected chi connectivity index (χ0v) is 9.59. The van der Waals surface area contributed by atoms with Gasteiger partial charge in [-0.05, 0) is 45.4 Å². The van der Waals surface area contributed by atoms with E-state index in [4.69, 9.17) is 0 Å². The largest absolute Gasteiger partial charge is 0.279 e. The van der Waals surface area contributed by atoms with Gasteiger partial charge in [-0.15, -0.1) is 0 Å². The number of nitrogens with one attached hydrogen (secondary N) is 1. The van der Waals surface area contributed by atoms with Gasteiger partial charge in [0.05, 0.1) is 16.4 Å². The second-order valence-corrected chi connectivity index (χ2v) is 4.97. The van der Waals surface area contributed by atoms with Gasteiger partial charge in [-0.1, -0.05) is 6.07 Å². The number of hydrogen-bond donors (Lipinski definition) is 1. The van der Waals surface area contributed by atoms with Gasteiger partial charge in [-0.3, -0.25) is 14.6 Å². The van der Waals surface area contributed by atoms with E-state index in [9.17, 15) is 4.79 Å². The highest BCUT2D eigenvalue weighted by molar-refractivity contribution is 5.79. The Bertz CT molecular complexity index is 555. The number of hydrogen-bond acceptors (Lipinski definition) is 1. The minimum atomic E-state index is -0.102. The Kier molecular flexibility index (Phi) is 2.00. The number of rotatable bonds is 0. The molecule has 15 heavy (non-hydrogen) atoms. The van der Waals surface area contributed by atoms with E-state index in [0.29, 0.717) is 0 Å². The summed E-state index contributed by atoms with van der Waals surface area (Å²) in [5.41, 5.74) is 2.03. The molecule has 2 rings (SSSR count). The first kappa shape index (κ1) is 10.0. The Morgan fingerprint density at radius 3 is 2.53 bits per heavy atom. The Hall–Kier alpha value is -1.51. The molecular formula is C12H16N2O. The molecule has 3 nitrogen and oxygen atoms in total. The molecule has 0 spiro atoms. The maximum absolute atomic E-state index is 11.7. The molecule has 1 N–H and O–H groups in total. The van der Waals surface area contributed by atoms with Crippen molar-refractivity contribution in [2.75, 3.05) is 0 Å². The lowest BCUT2D eigenvalue weighted by Gasteiger charge is -2.21. The lowest BCUT2D eigenvalue weighted by Crippen LogP contribution is -2.24. The third kappa shape index (κ3) is 1.58. The lowest BCUT2D eigenvalue weighted by molar-refractivity contribution is 0.366. The fourth-order valence-corrected chi connectivity index (χ4v) is 1.77. The first-order valence-electron chi connectivity index (χ1n) is 5.11. The van der Waals surface area contributed by atoms with E-state index in [2.05, 4.69) is 25.9 Å². The van der Waals surface area contributed by atoms with Crippen molar-refractivity contribution < 1.29 is 0 Å². The summed E-state index contributed by atoms with van der Waals surface area (Å²) in [4.78, 5) is 11.7. The van der Waals surface area contributed by atoms with E-state index in [-0.39, 0.29) is 11.1 Å². The minimum Gasteiger partial charge on any atom is -0.279 e. The number of aromatic nitrogens is 2. The molecule has 0 radical (unpaired) electrons. The van der Waals surface area contributed by atoms with Crippen LogP contribution in [-0.4, -0.2) is 9.78 Å². The molecule has 0 aliphatic heterocycles. The van der Waals surface area contributed by atoms with Crippen LogP contribution < -0.4 is 5.56 Å². The van der Waals surface area contributed by atoms with Crippen molar-refractivity contribution in [2.45, 2.75) is 33.2 Å². The summed E-state index contributed by atoms with van der Waals surface area (Å²) >= 11 is 0. The van der Waals surface area contributed by atoms with Crippen molar-refractivity contribution in [2.24, 2.45) is 0 Å². The standard InChI is InChI=1S/C12H16N2O/c1-8-5-6-9-10(7-8)14(12(2,3)4)13-11(9)15/h5-7H,1-4H3,(H,13,15). The normalized spacial score (nSPS) is 12.3. The molecule has 0 saturated carbocycles. The summed E-state index contributed by atoms with van der Waals surface area (Å²) in [7, 11) is 0. The Morgan fingerprint density at radius 2 is 1.93 bits per heavy atom. The quantitative estimate of drug-likeness (QED) is 0.703. The van der Waals surface area contributed by atoms with Crippen molar-refractivity contribution in [3.05, 3.63) is 34.1 Å². The summed E-state index contributed by atoms with van der Waals surface area (Å²) in [6.07, 6.45) is 0. The Morgan fingerprint density at radius 1 is 1.27 bits per heavy atom. The molecule has 0 fully saturated rings. The van der Waals surface area contributed by atoms with Crippen molar-refractivity contribution in [3.63, 3.8) is 0 Å². The fraction of sp³-hybridized carbons (Fsp3) is 0.417. The molecule has 0 saturated heterocycles. The highest BCUT2D eigenvalue weighted by atomic mass is 16.1. The van der Waals surface area contributed by atoms with E-state index >= 15 is 0 Å². The van der Waals surface area contributed by atoms with Gasteiger partial charge < -0.3 is 0 Å². The van der Waals surface area contributed by atoms with Gasteiger partial charge in [0, 0.05) is 0 Å². The molecule has 0 amide bonds. The van der Waals surface area contributed by atoms with Crippen LogP contribution in [0.3, 0.4) is 0 Å². The third-order valence-corrected chi connectivity index (χ3v) is 2.52. The molecule has 0 aliphatic carbocycles. The molecule has 0 unspecified atom stereocenters. The molecule has 0 aliphatic rings.